The second-order valence-corrected chi connectivity index (χ2v) is 23.2. The minimum atomic E-state index is 0.231. The molecule has 0 aliphatic heterocycles. The molecular formula is C76H84N4O8. The number of carbonyl (C=O) groups excluding carboxylic acids is 3. The molecule has 0 heterocycles. The van der Waals surface area contributed by atoms with Gasteiger partial charge in [0.25, 0.3) is 0 Å². The van der Waals surface area contributed by atoms with E-state index < -0.39 is 0 Å². The molecule has 0 spiro atoms. The minimum Gasteiger partial charge on any atom is -0.494 e. The van der Waals surface area contributed by atoms with Crippen LogP contribution in [0, 0.1) is 45.3 Å². The summed E-state index contributed by atoms with van der Waals surface area (Å²) in [6.07, 6.45) is 20.9. The fourth-order valence-corrected chi connectivity index (χ4v) is 13.0. The van der Waals surface area contributed by atoms with Gasteiger partial charge in [-0.25, -0.2) is 0 Å². The van der Waals surface area contributed by atoms with E-state index >= 15 is 0 Å². The Morgan fingerprint density at radius 3 is 0.943 bits per heavy atom. The smallest absolute Gasteiger partial charge is 0.129 e. The molecule has 0 atom stereocenters. The number of hydrogen-bond donors (Lipinski definition) is 1. The third-order valence-electron chi connectivity index (χ3n) is 17.3. The predicted octanol–water partition coefficient (Wildman–Crippen LogP) is 16.1. The third kappa shape index (κ3) is 15.8. The molecule has 6 aromatic rings. The third-order valence-corrected chi connectivity index (χ3v) is 17.3. The normalized spacial score (nSPS) is 12.4. The average molecular weight is 1180 g/mol. The molecule has 6 aromatic carbocycles. The van der Waals surface area contributed by atoms with E-state index in [-0.39, 0.29) is 18.2 Å². The number of Topliss-reactive ketones (excluding diaryl/α,β-unsaturated/α-hetero) is 2. The highest BCUT2D eigenvalue weighted by atomic mass is 16.5. The van der Waals surface area contributed by atoms with E-state index in [1.165, 1.54) is 22.3 Å². The number of aryl methyl sites for hydroxylation is 4. The first kappa shape index (κ1) is 65.4. The second kappa shape index (κ2) is 33.0. The van der Waals surface area contributed by atoms with Crippen LogP contribution in [0.4, 0.5) is 0 Å². The van der Waals surface area contributed by atoms with Crippen molar-refractivity contribution < 1.29 is 38.4 Å². The van der Waals surface area contributed by atoms with Gasteiger partial charge < -0.3 is 38.4 Å². The Bertz CT molecular complexity index is 3540. The lowest BCUT2D eigenvalue weighted by atomic mass is 9.72. The van der Waals surface area contributed by atoms with Crippen molar-refractivity contribution in [3.63, 3.8) is 0 Å². The van der Waals surface area contributed by atoms with Gasteiger partial charge in [0, 0.05) is 25.9 Å². The molecule has 0 saturated heterocycles. The van der Waals surface area contributed by atoms with Crippen molar-refractivity contribution >= 4 is 17.9 Å². The molecule has 88 heavy (non-hydrogen) atoms. The van der Waals surface area contributed by atoms with E-state index in [1.807, 2.05) is 38.1 Å². The first-order valence-corrected chi connectivity index (χ1v) is 32.2. The van der Waals surface area contributed by atoms with Crippen LogP contribution >= 0.6 is 0 Å². The van der Waals surface area contributed by atoms with E-state index in [2.05, 4.69) is 72.8 Å². The zero-order valence-electron chi connectivity index (χ0n) is 52.1. The van der Waals surface area contributed by atoms with Gasteiger partial charge in [0.2, 0.25) is 0 Å². The van der Waals surface area contributed by atoms with E-state index in [0.717, 1.165) is 205 Å². The number of nitriles is 4. The molecule has 4 aliphatic rings. The molecule has 0 fully saturated rings. The van der Waals surface area contributed by atoms with Crippen LogP contribution in [0.1, 0.15) is 197 Å². The van der Waals surface area contributed by atoms with Crippen molar-refractivity contribution in [1.82, 2.24) is 0 Å². The molecule has 12 nitrogen and oxygen atoms in total. The van der Waals surface area contributed by atoms with Crippen molar-refractivity contribution in [1.29, 1.82) is 21.0 Å². The summed E-state index contributed by atoms with van der Waals surface area (Å²) in [6.45, 7) is 10.0. The summed E-state index contributed by atoms with van der Waals surface area (Å²) >= 11 is 0. The van der Waals surface area contributed by atoms with Gasteiger partial charge in [-0.3, -0.25) is 0 Å². The molecule has 1 N–H and O–H groups in total. The fourth-order valence-electron chi connectivity index (χ4n) is 13.0. The largest absolute Gasteiger partial charge is 0.494 e. The number of aliphatic hydroxyl groups excluding tert-OH is 1. The molecule has 0 bridgehead atoms. The van der Waals surface area contributed by atoms with E-state index in [0.29, 0.717) is 93.6 Å². The topological polar surface area (TPSA) is 204 Å². The number of benzene rings is 6. The van der Waals surface area contributed by atoms with Gasteiger partial charge in [-0.1, -0.05) is 44.5 Å². The summed E-state index contributed by atoms with van der Waals surface area (Å²) in [5.41, 5.74) is 19.5. The molecular weight excluding hydrogens is 1100 g/mol. The summed E-state index contributed by atoms with van der Waals surface area (Å²) in [5.74, 6) is 3.84. The second-order valence-electron chi connectivity index (χ2n) is 23.2. The molecule has 0 aromatic heterocycles. The predicted molar refractivity (Wildman–Crippen MR) is 345 cm³/mol. The van der Waals surface area contributed by atoms with E-state index in [1.54, 1.807) is 13.8 Å². The van der Waals surface area contributed by atoms with Crippen LogP contribution in [0.15, 0.2) is 72.8 Å². The van der Waals surface area contributed by atoms with Gasteiger partial charge in [0.15, 0.2) is 0 Å². The Morgan fingerprint density at radius 2 is 0.682 bits per heavy atom. The highest BCUT2D eigenvalue weighted by Crippen LogP contribution is 2.51. The lowest BCUT2D eigenvalue weighted by Gasteiger charge is -2.31. The summed E-state index contributed by atoms with van der Waals surface area (Å²) in [7, 11) is 0. The zero-order chi connectivity index (χ0) is 62.4. The maximum atomic E-state index is 11.2. The number of ether oxygens (including phenoxy) is 4. The van der Waals surface area contributed by atoms with Crippen LogP contribution in [0.2, 0.25) is 0 Å². The lowest BCUT2D eigenvalue weighted by Crippen LogP contribution is -2.16. The molecule has 4 aliphatic carbocycles. The first-order valence-electron chi connectivity index (χ1n) is 32.2. The van der Waals surface area contributed by atoms with Crippen molar-refractivity contribution in [3.8, 4) is 91.8 Å². The number of hydrogen-bond acceptors (Lipinski definition) is 12. The molecule has 12 heteroatoms. The first-order chi connectivity index (χ1) is 43.1. The molecule has 0 radical (unpaired) electrons. The lowest BCUT2D eigenvalue weighted by molar-refractivity contribution is -0.118. The van der Waals surface area contributed by atoms with E-state index in [4.69, 9.17) is 24.1 Å². The van der Waals surface area contributed by atoms with Crippen molar-refractivity contribution in [3.05, 3.63) is 140 Å². The van der Waals surface area contributed by atoms with Gasteiger partial charge in [0.05, 0.1) is 48.7 Å². The van der Waals surface area contributed by atoms with Crippen LogP contribution in [-0.2, 0) is 65.8 Å². The van der Waals surface area contributed by atoms with Gasteiger partial charge >= 0.3 is 0 Å². The Morgan fingerprint density at radius 1 is 0.409 bits per heavy atom. The number of aliphatic hydroxyl groups is 1. The van der Waals surface area contributed by atoms with Crippen LogP contribution in [0.3, 0.4) is 0 Å². The number of carbonyl (C=O) groups is 3. The Balaban J connectivity index is 0.000000222. The van der Waals surface area contributed by atoms with Gasteiger partial charge in [-0.15, -0.1) is 0 Å². The summed E-state index contributed by atoms with van der Waals surface area (Å²) in [6, 6.07) is 34.6. The quantitative estimate of drug-likeness (QED) is 0.0360. The Labute approximate surface area is 521 Å². The highest BCUT2D eigenvalue weighted by Gasteiger charge is 2.34. The maximum Gasteiger partial charge on any atom is 0.129 e. The number of aldehydes is 1. The summed E-state index contributed by atoms with van der Waals surface area (Å²) in [4.78, 5) is 32.9. The monoisotopic (exact) mass is 1180 g/mol. The number of rotatable bonds is 28. The average Bonchev–Trinajstić information content (AvgIpc) is 0.957. The standard InChI is InChI=1S/C38H40N2O4.C36H38N2O4.C2H6/c1-25(41)9-5-3-7-19-43-29-13-17-31-27(21-29)11-15-33-35(23-39)36(24-40)34-16-12-28-22-30(14-18-32(28)38(34)37(31)33)44-20-8-4-6-10-26(2)42;37-23-33-31-13-9-25-21-27(41-19-7-3-1-5-17-39)11-15-29(25)35(31)36-30-16-12-28(42-20-8-4-2-6-18-40)22-26(30)10-14-32(36)34(33)24-38;1-2/h13-14,17-18,21-22H,3-12,15-16,19-20H2,1-2H3;11-12,15-17,21-22,40H,1-10,13-14,18-20H2;1-2H3. The van der Waals surface area contributed by atoms with Gasteiger partial charge in [-0.05, 0) is 280 Å². The van der Waals surface area contributed by atoms with Crippen LogP contribution in [0.5, 0.6) is 23.0 Å². The maximum absolute atomic E-state index is 11.2. The number of ketones is 2. The van der Waals surface area contributed by atoms with Crippen molar-refractivity contribution in [2.24, 2.45) is 0 Å². The van der Waals surface area contributed by atoms with Gasteiger partial charge in [0.1, 0.15) is 65.1 Å². The molecule has 0 amide bonds. The van der Waals surface area contributed by atoms with E-state index in [9.17, 15) is 35.4 Å². The highest BCUT2D eigenvalue weighted by molar-refractivity contribution is 5.97. The summed E-state index contributed by atoms with van der Waals surface area (Å²) in [5, 5.41) is 49.8. The van der Waals surface area contributed by atoms with Crippen molar-refractivity contribution in [2.75, 3.05) is 33.0 Å². The Hall–Kier alpha value is -8.55. The number of fused-ring (bicyclic) bond motifs is 14. The minimum absolute atomic E-state index is 0.231. The SMILES string of the molecule is CC.CC(=O)CCCCCOc1ccc2c(c1)CCc1c(C#N)c(C#N)c3c(c1-2)-c1ccc(OCCCCCC(C)=O)cc1CC3.N#Cc1c(C#N)c2c(c3c1CCc1cc(OCCCCCC=O)ccc1-3)-c1ccc(OCCCCCCO)cc1CC2. The number of unbranched alkanes of at least 4 members (excludes halogenated alkanes) is 10. The molecule has 0 unspecified atom stereocenters. The molecule has 0 saturated carbocycles. The molecule has 456 valence electrons. The van der Waals surface area contributed by atoms with Crippen LogP contribution in [-0.4, -0.2) is 56.0 Å². The van der Waals surface area contributed by atoms with Crippen LogP contribution < -0.4 is 18.9 Å². The summed E-state index contributed by atoms with van der Waals surface area (Å²) < 4.78 is 24.3. The fraction of sp³-hybridized carbons (Fsp3) is 0.434. The molecule has 10 rings (SSSR count). The number of nitrogens with zero attached hydrogens (tertiary/aromatic N) is 4. The van der Waals surface area contributed by atoms with Crippen LogP contribution in [0.25, 0.3) is 44.5 Å². The Kier molecular flexibility index (Phi) is 24.5. The zero-order valence-corrected chi connectivity index (χ0v) is 52.1. The van der Waals surface area contributed by atoms with Crippen molar-refractivity contribution in [2.45, 2.75) is 182 Å². The van der Waals surface area contributed by atoms with Gasteiger partial charge in [-0.2, -0.15) is 21.0 Å².